The van der Waals surface area contributed by atoms with E-state index >= 15 is 0 Å². The van der Waals surface area contributed by atoms with E-state index in [1.165, 1.54) is 16.4 Å². The second-order valence-corrected chi connectivity index (χ2v) is 7.42. The molecule has 2 heterocycles. The molecule has 0 aliphatic carbocycles. The smallest absolute Gasteiger partial charge is 0.293 e. The third kappa shape index (κ3) is 4.61. The lowest BCUT2D eigenvalue weighted by molar-refractivity contribution is 0.0949. The first-order valence-electron chi connectivity index (χ1n) is 9.24. The molecule has 1 amide bonds. The van der Waals surface area contributed by atoms with Crippen LogP contribution in [0.1, 0.15) is 28.7 Å². The van der Waals surface area contributed by atoms with Gasteiger partial charge in [0.25, 0.3) is 5.91 Å². The van der Waals surface area contributed by atoms with E-state index in [0.717, 1.165) is 10.5 Å². The Labute approximate surface area is 181 Å². The largest absolute Gasteiger partial charge is 0.378 e. The van der Waals surface area contributed by atoms with Gasteiger partial charge in [-0.3, -0.25) is 4.79 Å². The third-order valence-electron chi connectivity index (χ3n) is 4.31. The van der Waals surface area contributed by atoms with E-state index in [4.69, 9.17) is 5.73 Å². The molecule has 3 N–H and O–H groups in total. The van der Waals surface area contributed by atoms with Crippen LogP contribution in [-0.4, -0.2) is 36.9 Å². The summed E-state index contributed by atoms with van der Waals surface area (Å²) in [5.74, 6) is 0.0909. The first kappa shape index (κ1) is 20.3. The molecule has 0 aliphatic rings. The number of anilines is 1. The van der Waals surface area contributed by atoms with Gasteiger partial charge >= 0.3 is 0 Å². The summed E-state index contributed by atoms with van der Waals surface area (Å²) < 4.78 is 6.02. The van der Waals surface area contributed by atoms with Crippen molar-refractivity contribution in [1.82, 2.24) is 30.7 Å². The predicted molar refractivity (Wildman–Crippen MR) is 116 cm³/mol. The fourth-order valence-electron chi connectivity index (χ4n) is 2.72. The summed E-state index contributed by atoms with van der Waals surface area (Å²) in [4.78, 5) is 13.9. The molecule has 0 aliphatic heterocycles. The molecule has 4 aromatic rings. The van der Waals surface area contributed by atoms with Gasteiger partial charge in [-0.15, -0.1) is 16.9 Å². The number of nitrogens with two attached hydrogens (primary N) is 1. The van der Waals surface area contributed by atoms with E-state index in [2.05, 4.69) is 35.8 Å². The molecule has 2 aromatic heterocycles. The lowest BCUT2D eigenvalue weighted by atomic mass is 10.1. The van der Waals surface area contributed by atoms with Gasteiger partial charge in [-0.1, -0.05) is 53.7 Å². The minimum Gasteiger partial charge on any atom is -0.378 e. The quantitative estimate of drug-likeness (QED) is 0.257. The lowest BCUT2D eigenvalue weighted by Gasteiger charge is -2.06. The number of aromatic nitrogens is 5. The maximum Gasteiger partial charge on any atom is 0.293 e. The van der Waals surface area contributed by atoms with Crippen molar-refractivity contribution in [2.45, 2.75) is 17.6 Å². The molecule has 0 unspecified atom stereocenters. The van der Waals surface area contributed by atoms with Crippen LogP contribution in [0.2, 0.25) is 0 Å². The van der Waals surface area contributed by atoms with Crippen LogP contribution in [0.25, 0.3) is 5.82 Å². The number of benzene rings is 2. The average Bonchev–Trinajstić information content (AvgIpc) is 3.42. The fourth-order valence-corrected chi connectivity index (χ4v) is 3.63. The molecule has 0 radical (unpaired) electrons. The second-order valence-electron chi connectivity index (χ2n) is 6.38. The summed E-state index contributed by atoms with van der Waals surface area (Å²) in [6, 6.07) is 19.3. The zero-order valence-corrected chi connectivity index (χ0v) is 17.3. The molecule has 4 rings (SSSR count). The Morgan fingerprint density at radius 2 is 1.84 bits per heavy atom. The second kappa shape index (κ2) is 9.22. The minimum atomic E-state index is -0.500. The number of carbonyl (C=O) groups is 1. The van der Waals surface area contributed by atoms with Crippen LogP contribution in [0.5, 0.6) is 0 Å². The number of nitrogen functional groups attached to an aromatic ring is 1. The molecule has 0 saturated heterocycles. The van der Waals surface area contributed by atoms with Gasteiger partial charge in [0.1, 0.15) is 0 Å². The molecule has 156 valence electrons. The maximum absolute atomic E-state index is 12.8. The van der Waals surface area contributed by atoms with Crippen LogP contribution in [-0.2, 0) is 5.75 Å². The fraction of sp³-hybridized carbons (Fsp3) is 0.100. The molecule has 0 saturated carbocycles. The highest BCUT2D eigenvalue weighted by atomic mass is 32.2. The normalized spacial score (nSPS) is 11.5. The van der Waals surface area contributed by atoms with Crippen molar-refractivity contribution in [1.29, 1.82) is 0 Å². The van der Waals surface area contributed by atoms with E-state index in [9.17, 15) is 4.79 Å². The highest BCUT2D eigenvalue weighted by Crippen LogP contribution is 2.25. The van der Waals surface area contributed by atoms with Crippen LogP contribution in [0.4, 0.5) is 5.82 Å². The van der Waals surface area contributed by atoms with Gasteiger partial charge in [0, 0.05) is 10.6 Å². The molecule has 0 fully saturated rings. The van der Waals surface area contributed by atoms with E-state index in [-0.39, 0.29) is 17.3 Å². The van der Waals surface area contributed by atoms with Crippen molar-refractivity contribution >= 4 is 29.2 Å². The van der Waals surface area contributed by atoms with E-state index < -0.39 is 5.91 Å². The minimum absolute atomic E-state index is 0.0424. The first-order valence-corrected chi connectivity index (χ1v) is 10.2. The Hall–Kier alpha value is -3.99. The summed E-state index contributed by atoms with van der Waals surface area (Å²) in [7, 11) is 0. The highest BCUT2D eigenvalue weighted by molar-refractivity contribution is 7.98. The van der Waals surface area contributed by atoms with Gasteiger partial charge in [0.2, 0.25) is 11.6 Å². The monoisotopic (exact) mass is 434 g/mol. The number of carbonyl (C=O) groups excluding carboxylic acids is 1. The number of hydrogen-bond donors (Lipinski definition) is 2. The summed E-state index contributed by atoms with van der Waals surface area (Å²) in [6.45, 7) is 1.81. The molecule has 0 atom stereocenters. The number of nitrogens with one attached hydrogen (secondary N) is 1. The predicted octanol–water partition coefficient (Wildman–Crippen LogP) is 2.68. The summed E-state index contributed by atoms with van der Waals surface area (Å²) >= 11 is 1.51. The van der Waals surface area contributed by atoms with Crippen molar-refractivity contribution in [3.8, 4) is 5.82 Å². The summed E-state index contributed by atoms with van der Waals surface area (Å²) in [5.41, 5.74) is 10.5. The van der Waals surface area contributed by atoms with E-state index in [0.29, 0.717) is 17.2 Å². The molecule has 2 aromatic carbocycles. The van der Waals surface area contributed by atoms with Crippen LogP contribution < -0.4 is 11.2 Å². The number of thioether (sulfide) groups is 1. The molecule has 0 bridgehead atoms. The third-order valence-corrected chi connectivity index (χ3v) is 5.33. The molecule has 31 heavy (non-hydrogen) atoms. The summed E-state index contributed by atoms with van der Waals surface area (Å²) in [5, 5.41) is 19.6. The lowest BCUT2D eigenvalue weighted by Crippen LogP contribution is -2.21. The number of hydrazone groups is 1. The Morgan fingerprint density at radius 1 is 1.13 bits per heavy atom. The van der Waals surface area contributed by atoms with Gasteiger partial charge in [0.15, 0.2) is 5.69 Å². The maximum atomic E-state index is 12.8. The van der Waals surface area contributed by atoms with Gasteiger partial charge < -0.3 is 5.73 Å². The Kier molecular flexibility index (Phi) is 6.03. The molecule has 11 heteroatoms. The molecule has 0 spiro atoms. The first-order chi connectivity index (χ1) is 15.1. The average molecular weight is 434 g/mol. The van der Waals surface area contributed by atoms with Gasteiger partial charge in [-0.25, -0.2) is 10.1 Å². The van der Waals surface area contributed by atoms with Gasteiger partial charge in [0.05, 0.1) is 11.4 Å². The highest BCUT2D eigenvalue weighted by Gasteiger charge is 2.24. The zero-order chi connectivity index (χ0) is 21.6. The van der Waals surface area contributed by atoms with Crippen molar-refractivity contribution in [2.24, 2.45) is 5.10 Å². The Morgan fingerprint density at radius 3 is 2.52 bits per heavy atom. The SMILES string of the molecule is CC(=NNC(=O)c1nnn(-c2nonc2N)c1CSc1ccccc1)c1ccccc1. The van der Waals surface area contributed by atoms with Crippen molar-refractivity contribution < 1.29 is 9.42 Å². The molecular formula is C20H18N8O2S. The van der Waals surface area contributed by atoms with Gasteiger partial charge in [-0.05, 0) is 34.9 Å². The van der Waals surface area contributed by atoms with Gasteiger partial charge in [-0.2, -0.15) is 9.78 Å². The molecule has 10 nitrogen and oxygen atoms in total. The number of nitrogens with zero attached hydrogens (tertiary/aromatic N) is 6. The zero-order valence-electron chi connectivity index (χ0n) is 16.5. The Bertz CT molecular complexity index is 1200. The topological polar surface area (TPSA) is 137 Å². The Balaban J connectivity index is 1.61. The van der Waals surface area contributed by atoms with Crippen molar-refractivity contribution in [3.63, 3.8) is 0 Å². The van der Waals surface area contributed by atoms with Crippen LogP contribution in [0, 0.1) is 0 Å². The van der Waals surface area contributed by atoms with Crippen LogP contribution >= 0.6 is 11.8 Å². The molecular weight excluding hydrogens is 416 g/mol. The van der Waals surface area contributed by atoms with E-state index in [1.807, 2.05) is 60.7 Å². The number of rotatable bonds is 7. The van der Waals surface area contributed by atoms with Crippen molar-refractivity contribution in [3.05, 3.63) is 77.6 Å². The van der Waals surface area contributed by atoms with Crippen molar-refractivity contribution in [2.75, 3.05) is 5.73 Å². The standard InChI is InChI=1S/C20H18N8O2S/c1-13(14-8-4-2-5-9-14)22-24-20(29)17-16(12-31-15-10-6-3-7-11-15)28(27-23-17)19-18(21)25-30-26-19/h2-11H,12H2,1H3,(H2,21,25)(H,24,29). The number of amides is 1. The van der Waals surface area contributed by atoms with Crippen LogP contribution in [0.3, 0.4) is 0 Å². The van der Waals surface area contributed by atoms with Crippen LogP contribution in [0.15, 0.2) is 75.3 Å². The summed E-state index contributed by atoms with van der Waals surface area (Å²) in [6.07, 6.45) is 0. The van der Waals surface area contributed by atoms with E-state index in [1.54, 1.807) is 6.92 Å². The number of hydrogen-bond acceptors (Lipinski definition) is 9.